The number of amides is 2. The molecule has 126 valence electrons. The minimum atomic E-state index is -0.0614. The van der Waals surface area contributed by atoms with Gasteiger partial charge in [-0.1, -0.05) is 19.3 Å². The molecule has 1 saturated heterocycles. The van der Waals surface area contributed by atoms with Crippen LogP contribution in [0.1, 0.15) is 55.3 Å². The van der Waals surface area contributed by atoms with E-state index in [1.165, 1.54) is 0 Å². The van der Waals surface area contributed by atoms with Crippen LogP contribution in [-0.2, 0) is 11.8 Å². The maximum absolute atomic E-state index is 13.0. The normalized spacial score (nSPS) is 26.3. The number of nitrogens with zero attached hydrogens (tertiary/aromatic N) is 3. The van der Waals surface area contributed by atoms with E-state index in [1.54, 1.807) is 17.1 Å². The number of fused-ring (bicyclic) bond motifs is 1. The standard InChI is InChI=1S/C17H26N4O2/c1-20-12-13(11-19-20)17(23)21-10-5-3-2-4-9-18-16(22)14-7-6-8-15(14)21/h11-12,14-15H,2-10H2,1H3,(H,18,22). The fraction of sp³-hybridized carbons (Fsp3) is 0.706. The van der Waals surface area contributed by atoms with Crippen LogP contribution in [0.25, 0.3) is 0 Å². The maximum atomic E-state index is 13.0. The Hall–Kier alpha value is -1.85. The molecule has 2 fully saturated rings. The molecule has 0 radical (unpaired) electrons. The van der Waals surface area contributed by atoms with Crippen molar-refractivity contribution in [2.45, 2.75) is 51.0 Å². The van der Waals surface area contributed by atoms with Crippen LogP contribution in [0, 0.1) is 5.92 Å². The van der Waals surface area contributed by atoms with Gasteiger partial charge in [0.15, 0.2) is 0 Å². The molecule has 3 rings (SSSR count). The molecule has 1 aromatic rings. The van der Waals surface area contributed by atoms with Crippen LogP contribution >= 0.6 is 0 Å². The first kappa shape index (κ1) is 16.0. The lowest BCUT2D eigenvalue weighted by atomic mass is 10.00. The molecule has 2 atom stereocenters. The Balaban J connectivity index is 1.83. The Kier molecular flexibility index (Phi) is 4.98. The van der Waals surface area contributed by atoms with Gasteiger partial charge in [-0.05, 0) is 25.7 Å². The van der Waals surface area contributed by atoms with Crippen molar-refractivity contribution in [1.82, 2.24) is 20.0 Å². The number of aromatic nitrogens is 2. The van der Waals surface area contributed by atoms with E-state index in [1.807, 2.05) is 11.9 Å². The van der Waals surface area contributed by atoms with E-state index in [0.29, 0.717) is 5.56 Å². The highest BCUT2D eigenvalue weighted by Gasteiger charge is 2.39. The van der Waals surface area contributed by atoms with Crippen LogP contribution in [-0.4, -0.2) is 45.6 Å². The predicted molar refractivity (Wildman–Crippen MR) is 86.9 cm³/mol. The van der Waals surface area contributed by atoms with E-state index in [4.69, 9.17) is 0 Å². The molecule has 2 aliphatic rings. The van der Waals surface area contributed by atoms with Gasteiger partial charge in [-0.3, -0.25) is 14.3 Å². The smallest absolute Gasteiger partial charge is 0.257 e. The van der Waals surface area contributed by atoms with Crippen LogP contribution in [0.3, 0.4) is 0 Å². The largest absolute Gasteiger partial charge is 0.356 e. The molecule has 2 unspecified atom stereocenters. The van der Waals surface area contributed by atoms with E-state index in [0.717, 1.165) is 58.0 Å². The fourth-order valence-corrected chi connectivity index (χ4v) is 3.84. The van der Waals surface area contributed by atoms with Crippen molar-refractivity contribution in [3.63, 3.8) is 0 Å². The van der Waals surface area contributed by atoms with Gasteiger partial charge in [-0.2, -0.15) is 5.10 Å². The summed E-state index contributed by atoms with van der Waals surface area (Å²) in [4.78, 5) is 27.4. The summed E-state index contributed by atoms with van der Waals surface area (Å²) in [6, 6.07) is 0.0285. The molecule has 0 spiro atoms. The number of nitrogens with one attached hydrogen (secondary N) is 1. The third-order valence-electron chi connectivity index (χ3n) is 5.05. The Morgan fingerprint density at radius 1 is 1.22 bits per heavy atom. The summed E-state index contributed by atoms with van der Waals surface area (Å²) >= 11 is 0. The Labute approximate surface area is 137 Å². The van der Waals surface area contributed by atoms with E-state index in [2.05, 4.69) is 10.4 Å². The van der Waals surface area contributed by atoms with E-state index in [-0.39, 0.29) is 23.8 Å². The van der Waals surface area contributed by atoms with E-state index >= 15 is 0 Å². The second kappa shape index (κ2) is 7.15. The summed E-state index contributed by atoms with van der Waals surface area (Å²) in [5.74, 6) is 0.0779. The van der Waals surface area contributed by atoms with Crippen molar-refractivity contribution in [3.05, 3.63) is 18.0 Å². The van der Waals surface area contributed by atoms with Crippen molar-refractivity contribution in [1.29, 1.82) is 0 Å². The molecule has 1 aromatic heterocycles. The third-order valence-corrected chi connectivity index (χ3v) is 5.05. The second-order valence-corrected chi connectivity index (χ2v) is 6.71. The molecule has 0 aromatic carbocycles. The van der Waals surface area contributed by atoms with Crippen LogP contribution in [0.2, 0.25) is 0 Å². The lowest BCUT2D eigenvalue weighted by Crippen LogP contribution is -2.47. The van der Waals surface area contributed by atoms with Crippen LogP contribution in [0.5, 0.6) is 0 Å². The van der Waals surface area contributed by atoms with Crippen molar-refractivity contribution >= 4 is 11.8 Å². The molecule has 0 bridgehead atoms. The second-order valence-electron chi connectivity index (χ2n) is 6.71. The minimum absolute atomic E-state index is 0.0158. The number of carbonyl (C=O) groups is 2. The molecule has 1 N–H and O–H groups in total. The number of rotatable bonds is 1. The Bertz CT molecular complexity index is 569. The Morgan fingerprint density at radius 3 is 2.83 bits per heavy atom. The van der Waals surface area contributed by atoms with Crippen molar-refractivity contribution in [3.8, 4) is 0 Å². The zero-order chi connectivity index (χ0) is 16.2. The number of carbonyl (C=O) groups excluding carboxylic acids is 2. The lowest BCUT2D eigenvalue weighted by Gasteiger charge is -2.32. The quantitative estimate of drug-likeness (QED) is 0.857. The molecule has 1 aliphatic heterocycles. The lowest BCUT2D eigenvalue weighted by molar-refractivity contribution is -0.126. The van der Waals surface area contributed by atoms with Crippen molar-refractivity contribution in [2.24, 2.45) is 13.0 Å². The zero-order valence-corrected chi connectivity index (χ0v) is 13.8. The zero-order valence-electron chi connectivity index (χ0n) is 13.8. The number of hydrogen-bond acceptors (Lipinski definition) is 3. The highest BCUT2D eigenvalue weighted by molar-refractivity contribution is 5.94. The van der Waals surface area contributed by atoms with Gasteiger partial charge >= 0.3 is 0 Å². The topological polar surface area (TPSA) is 67.2 Å². The van der Waals surface area contributed by atoms with E-state index < -0.39 is 0 Å². The first-order chi connectivity index (χ1) is 11.2. The summed E-state index contributed by atoms with van der Waals surface area (Å²) < 4.78 is 1.65. The van der Waals surface area contributed by atoms with Gasteiger partial charge in [0.1, 0.15) is 0 Å². The highest BCUT2D eigenvalue weighted by Crippen LogP contribution is 2.32. The van der Waals surface area contributed by atoms with Gasteiger partial charge in [0, 0.05) is 32.4 Å². The summed E-state index contributed by atoms with van der Waals surface area (Å²) in [6.07, 6.45) is 10.4. The monoisotopic (exact) mass is 318 g/mol. The molecule has 2 amide bonds. The first-order valence-corrected chi connectivity index (χ1v) is 8.74. The minimum Gasteiger partial charge on any atom is -0.356 e. The number of hydrogen-bond donors (Lipinski definition) is 1. The predicted octanol–water partition coefficient (Wildman–Crippen LogP) is 1.72. The van der Waals surface area contributed by atoms with Crippen molar-refractivity contribution in [2.75, 3.05) is 13.1 Å². The average Bonchev–Trinajstić information content (AvgIpc) is 3.17. The Morgan fingerprint density at radius 2 is 2.04 bits per heavy atom. The van der Waals surface area contributed by atoms with Gasteiger partial charge in [-0.25, -0.2) is 0 Å². The van der Waals surface area contributed by atoms with Crippen molar-refractivity contribution < 1.29 is 9.59 Å². The summed E-state index contributed by atoms with van der Waals surface area (Å²) in [6.45, 7) is 1.50. The molecular weight excluding hydrogens is 292 g/mol. The van der Waals surface area contributed by atoms with Crippen LogP contribution in [0.15, 0.2) is 12.4 Å². The molecular formula is C17H26N4O2. The third kappa shape index (κ3) is 3.57. The molecule has 6 nitrogen and oxygen atoms in total. The average molecular weight is 318 g/mol. The molecule has 1 saturated carbocycles. The maximum Gasteiger partial charge on any atom is 0.257 e. The summed E-state index contributed by atoms with van der Waals surface area (Å²) in [5, 5.41) is 7.17. The number of aryl methyl sites for hydroxylation is 1. The first-order valence-electron chi connectivity index (χ1n) is 8.74. The van der Waals surface area contributed by atoms with Gasteiger partial charge in [-0.15, -0.1) is 0 Å². The fourth-order valence-electron chi connectivity index (χ4n) is 3.84. The van der Waals surface area contributed by atoms with E-state index in [9.17, 15) is 9.59 Å². The van der Waals surface area contributed by atoms with Gasteiger partial charge in [0.05, 0.1) is 17.7 Å². The van der Waals surface area contributed by atoms with Gasteiger partial charge < -0.3 is 10.2 Å². The van der Waals surface area contributed by atoms with Crippen LogP contribution in [0.4, 0.5) is 0 Å². The molecule has 23 heavy (non-hydrogen) atoms. The van der Waals surface area contributed by atoms with Gasteiger partial charge in [0.25, 0.3) is 5.91 Å². The molecule has 2 heterocycles. The summed E-state index contributed by atoms with van der Waals surface area (Å²) in [5.41, 5.74) is 0.619. The van der Waals surface area contributed by atoms with Crippen LogP contribution < -0.4 is 5.32 Å². The highest BCUT2D eigenvalue weighted by atomic mass is 16.2. The molecule has 6 heteroatoms. The van der Waals surface area contributed by atoms with Gasteiger partial charge in [0.2, 0.25) is 5.91 Å². The molecule has 1 aliphatic carbocycles. The summed E-state index contributed by atoms with van der Waals surface area (Å²) in [7, 11) is 1.81. The SMILES string of the molecule is Cn1cc(C(=O)N2CCCCCCNC(=O)C3CCCC32)cn1.